The highest BCUT2D eigenvalue weighted by atomic mass is 32.1. The molecule has 0 bridgehead atoms. The zero-order valence-electron chi connectivity index (χ0n) is 11.1. The van der Waals surface area contributed by atoms with Crippen LogP contribution in [-0.2, 0) is 13.0 Å². The number of nitrogens with one attached hydrogen (secondary N) is 2. The van der Waals surface area contributed by atoms with Crippen LogP contribution in [0, 0.1) is 0 Å². The highest BCUT2D eigenvalue weighted by molar-refractivity contribution is 7.11. The Bertz CT molecular complexity index is 744. The summed E-state index contributed by atoms with van der Waals surface area (Å²) in [7, 11) is 0. The molecule has 0 atom stereocenters. The predicted molar refractivity (Wildman–Crippen MR) is 81.0 cm³/mol. The first-order chi connectivity index (χ1) is 9.78. The van der Waals surface area contributed by atoms with E-state index < -0.39 is 0 Å². The molecule has 4 nitrogen and oxygen atoms in total. The normalized spacial score (nSPS) is 10.8. The van der Waals surface area contributed by atoms with Crippen LogP contribution in [0.4, 0.5) is 0 Å². The summed E-state index contributed by atoms with van der Waals surface area (Å²) in [6.45, 7) is 2.57. The van der Waals surface area contributed by atoms with Gasteiger partial charge in [-0.3, -0.25) is 4.79 Å². The second kappa shape index (κ2) is 5.46. The van der Waals surface area contributed by atoms with E-state index in [9.17, 15) is 4.79 Å². The molecule has 1 aromatic carbocycles. The van der Waals surface area contributed by atoms with Gasteiger partial charge in [0, 0.05) is 28.2 Å². The van der Waals surface area contributed by atoms with E-state index >= 15 is 0 Å². The number of rotatable bonds is 4. The number of carbonyl (C=O) groups excluding carboxylic acids is 1. The summed E-state index contributed by atoms with van der Waals surface area (Å²) in [4.78, 5) is 20.9. The van der Waals surface area contributed by atoms with Gasteiger partial charge in [-0.1, -0.05) is 25.1 Å². The topological polar surface area (TPSA) is 57.8 Å². The van der Waals surface area contributed by atoms with Crippen molar-refractivity contribution in [3.8, 4) is 0 Å². The number of aryl methyl sites for hydroxylation is 1. The zero-order chi connectivity index (χ0) is 13.9. The minimum absolute atomic E-state index is 0.0734. The van der Waals surface area contributed by atoms with Crippen LogP contribution >= 0.6 is 11.3 Å². The molecule has 0 aliphatic heterocycles. The van der Waals surface area contributed by atoms with Crippen molar-refractivity contribution >= 4 is 28.1 Å². The number of amides is 1. The standard InChI is InChI=1S/C15H15N3OS/c1-2-10-7-17-14(20-10)9-18-15(19)12-8-16-13-6-4-3-5-11(12)13/h3-8,16H,2,9H2,1H3,(H,18,19). The molecule has 5 heteroatoms. The van der Waals surface area contributed by atoms with Crippen LogP contribution in [0.25, 0.3) is 10.9 Å². The fourth-order valence-corrected chi connectivity index (χ4v) is 2.91. The number of hydrogen-bond donors (Lipinski definition) is 2. The van der Waals surface area contributed by atoms with E-state index in [2.05, 4.69) is 22.2 Å². The van der Waals surface area contributed by atoms with E-state index in [-0.39, 0.29) is 5.91 Å². The van der Waals surface area contributed by atoms with Crippen molar-refractivity contribution in [2.75, 3.05) is 0 Å². The van der Waals surface area contributed by atoms with Gasteiger partial charge in [0.25, 0.3) is 5.91 Å². The van der Waals surface area contributed by atoms with E-state index in [1.165, 1.54) is 4.88 Å². The number of fused-ring (bicyclic) bond motifs is 1. The third-order valence-electron chi connectivity index (χ3n) is 3.18. The Labute approximate surface area is 120 Å². The third-order valence-corrected chi connectivity index (χ3v) is 4.33. The number of hydrogen-bond acceptors (Lipinski definition) is 3. The van der Waals surface area contributed by atoms with Gasteiger partial charge in [0.1, 0.15) is 5.01 Å². The lowest BCUT2D eigenvalue weighted by atomic mass is 10.1. The molecule has 0 saturated heterocycles. The molecule has 0 saturated carbocycles. The lowest BCUT2D eigenvalue weighted by Crippen LogP contribution is -2.22. The molecule has 102 valence electrons. The van der Waals surface area contributed by atoms with Crippen molar-refractivity contribution in [3.05, 3.63) is 52.1 Å². The highest BCUT2D eigenvalue weighted by Crippen LogP contribution is 2.18. The Kier molecular flexibility index (Phi) is 3.52. The average molecular weight is 285 g/mol. The van der Waals surface area contributed by atoms with Crippen molar-refractivity contribution in [1.82, 2.24) is 15.3 Å². The Morgan fingerprint density at radius 2 is 2.25 bits per heavy atom. The molecule has 1 amide bonds. The zero-order valence-corrected chi connectivity index (χ0v) is 12.0. The Morgan fingerprint density at radius 1 is 1.40 bits per heavy atom. The quantitative estimate of drug-likeness (QED) is 0.774. The van der Waals surface area contributed by atoms with E-state index in [0.29, 0.717) is 12.1 Å². The van der Waals surface area contributed by atoms with Gasteiger partial charge in [0.05, 0.1) is 12.1 Å². The first kappa shape index (κ1) is 12.9. The molecule has 2 aromatic heterocycles. The summed E-state index contributed by atoms with van der Waals surface area (Å²) in [5, 5.41) is 4.80. The van der Waals surface area contributed by atoms with Gasteiger partial charge in [-0.2, -0.15) is 0 Å². The number of aromatic nitrogens is 2. The van der Waals surface area contributed by atoms with Gasteiger partial charge >= 0.3 is 0 Å². The fraction of sp³-hybridized carbons (Fsp3) is 0.200. The summed E-state index contributed by atoms with van der Waals surface area (Å²) in [6, 6.07) is 7.78. The summed E-state index contributed by atoms with van der Waals surface area (Å²) >= 11 is 1.64. The molecule has 2 N–H and O–H groups in total. The number of para-hydroxylation sites is 1. The van der Waals surface area contributed by atoms with Crippen LogP contribution in [0.3, 0.4) is 0 Å². The molecule has 3 rings (SSSR count). The van der Waals surface area contributed by atoms with E-state index in [4.69, 9.17) is 0 Å². The smallest absolute Gasteiger partial charge is 0.253 e. The molecule has 0 aliphatic carbocycles. The Balaban J connectivity index is 1.73. The monoisotopic (exact) mass is 285 g/mol. The summed E-state index contributed by atoms with van der Waals surface area (Å²) in [5.41, 5.74) is 1.65. The maximum Gasteiger partial charge on any atom is 0.253 e. The molecule has 2 heterocycles. The van der Waals surface area contributed by atoms with Crippen molar-refractivity contribution in [3.63, 3.8) is 0 Å². The molecule has 0 aliphatic rings. The van der Waals surface area contributed by atoms with Gasteiger partial charge in [-0.15, -0.1) is 11.3 Å². The molecule has 3 aromatic rings. The third kappa shape index (κ3) is 2.44. The van der Waals surface area contributed by atoms with Gasteiger partial charge in [0.15, 0.2) is 0 Å². The van der Waals surface area contributed by atoms with Crippen LogP contribution in [0.2, 0.25) is 0 Å². The minimum atomic E-state index is -0.0734. The Morgan fingerprint density at radius 3 is 3.05 bits per heavy atom. The first-order valence-electron chi connectivity index (χ1n) is 6.56. The molecular weight excluding hydrogens is 270 g/mol. The number of nitrogens with zero attached hydrogens (tertiary/aromatic N) is 1. The predicted octanol–water partition coefficient (Wildman–Crippen LogP) is 3.12. The summed E-state index contributed by atoms with van der Waals surface area (Å²) in [5.74, 6) is -0.0734. The second-order valence-corrected chi connectivity index (χ2v) is 5.70. The van der Waals surface area contributed by atoms with Gasteiger partial charge < -0.3 is 10.3 Å². The lowest BCUT2D eigenvalue weighted by molar-refractivity contribution is 0.0952. The average Bonchev–Trinajstić information content (AvgIpc) is 3.11. The van der Waals surface area contributed by atoms with Crippen LogP contribution in [0.1, 0.15) is 27.2 Å². The summed E-state index contributed by atoms with van der Waals surface area (Å²) in [6.07, 6.45) is 4.60. The molecule has 20 heavy (non-hydrogen) atoms. The summed E-state index contributed by atoms with van der Waals surface area (Å²) < 4.78 is 0. The van der Waals surface area contributed by atoms with Crippen LogP contribution < -0.4 is 5.32 Å². The fourth-order valence-electron chi connectivity index (χ4n) is 2.10. The van der Waals surface area contributed by atoms with Crippen molar-refractivity contribution < 1.29 is 4.79 Å². The van der Waals surface area contributed by atoms with E-state index in [1.54, 1.807) is 17.5 Å². The number of benzene rings is 1. The molecular formula is C15H15N3OS. The first-order valence-corrected chi connectivity index (χ1v) is 7.37. The van der Waals surface area contributed by atoms with Gasteiger partial charge in [-0.05, 0) is 12.5 Å². The largest absolute Gasteiger partial charge is 0.360 e. The van der Waals surface area contributed by atoms with Crippen LogP contribution in [-0.4, -0.2) is 15.9 Å². The van der Waals surface area contributed by atoms with Crippen molar-refractivity contribution in [1.29, 1.82) is 0 Å². The highest BCUT2D eigenvalue weighted by Gasteiger charge is 2.11. The molecule has 0 unspecified atom stereocenters. The second-order valence-electron chi connectivity index (χ2n) is 4.50. The number of thiazole rings is 1. The number of carbonyl (C=O) groups is 1. The molecule has 0 spiro atoms. The lowest BCUT2D eigenvalue weighted by Gasteiger charge is -2.01. The van der Waals surface area contributed by atoms with Gasteiger partial charge in [-0.25, -0.2) is 4.98 Å². The Hall–Kier alpha value is -2.14. The minimum Gasteiger partial charge on any atom is -0.360 e. The van der Waals surface area contributed by atoms with E-state index in [1.807, 2.05) is 30.5 Å². The maximum absolute atomic E-state index is 12.2. The molecule has 0 radical (unpaired) electrons. The van der Waals surface area contributed by atoms with Crippen LogP contribution in [0.15, 0.2) is 36.7 Å². The van der Waals surface area contributed by atoms with Crippen molar-refractivity contribution in [2.24, 2.45) is 0 Å². The number of H-pyrrole nitrogens is 1. The SMILES string of the molecule is CCc1cnc(CNC(=O)c2c[nH]c3ccccc23)s1. The van der Waals surface area contributed by atoms with E-state index in [0.717, 1.165) is 22.3 Å². The number of aromatic amines is 1. The van der Waals surface area contributed by atoms with Gasteiger partial charge in [0.2, 0.25) is 0 Å². The molecule has 0 fully saturated rings. The van der Waals surface area contributed by atoms with Crippen molar-refractivity contribution in [2.45, 2.75) is 19.9 Å². The maximum atomic E-state index is 12.2. The van der Waals surface area contributed by atoms with Crippen LogP contribution in [0.5, 0.6) is 0 Å².